The number of carbonyl (C=O) groups is 2. The molecule has 3 atom stereocenters. The first-order valence-electron chi connectivity index (χ1n) is 10.5. The molecule has 6 nitrogen and oxygen atoms in total. The van der Waals surface area contributed by atoms with E-state index in [1.807, 2.05) is 20.8 Å². The van der Waals surface area contributed by atoms with Gasteiger partial charge in [-0.15, -0.1) is 0 Å². The van der Waals surface area contributed by atoms with Gasteiger partial charge < -0.3 is 20.5 Å². The fraction of sp³-hybridized carbons (Fsp3) is 0.905. The smallest absolute Gasteiger partial charge is 0.407 e. The van der Waals surface area contributed by atoms with E-state index in [4.69, 9.17) is 4.74 Å². The number of ether oxygens (including phenoxy) is 1. The second kappa shape index (κ2) is 11.5. The minimum absolute atomic E-state index is 0.0103. The minimum Gasteiger partial charge on any atom is -0.444 e. The van der Waals surface area contributed by atoms with Crippen LogP contribution in [-0.2, 0) is 9.53 Å². The summed E-state index contributed by atoms with van der Waals surface area (Å²) in [6.07, 6.45) is 6.06. The molecule has 0 spiro atoms. The van der Waals surface area contributed by atoms with Gasteiger partial charge in [0.05, 0.1) is 18.6 Å². The summed E-state index contributed by atoms with van der Waals surface area (Å²) in [6, 6.07) is -0.475. The quantitative estimate of drug-likeness (QED) is 0.565. The van der Waals surface area contributed by atoms with E-state index in [1.165, 1.54) is 19.3 Å². The molecule has 6 heteroatoms. The Balaban J connectivity index is 2.64. The van der Waals surface area contributed by atoms with E-state index in [0.29, 0.717) is 24.8 Å². The third-order valence-electron chi connectivity index (χ3n) is 5.22. The Bertz CT molecular complexity index is 456. The van der Waals surface area contributed by atoms with Crippen LogP contribution in [0.4, 0.5) is 4.79 Å². The molecule has 158 valence electrons. The highest BCUT2D eigenvalue weighted by atomic mass is 16.6. The van der Waals surface area contributed by atoms with Crippen molar-refractivity contribution in [1.82, 2.24) is 10.6 Å². The van der Waals surface area contributed by atoms with Crippen molar-refractivity contribution in [2.45, 2.75) is 104 Å². The summed E-state index contributed by atoms with van der Waals surface area (Å²) in [5, 5.41) is 16.3. The zero-order chi connectivity index (χ0) is 20.4. The lowest BCUT2D eigenvalue weighted by Gasteiger charge is -2.31. The molecule has 0 heterocycles. The molecule has 0 saturated heterocycles. The molecule has 1 aliphatic carbocycles. The van der Waals surface area contributed by atoms with Crippen LogP contribution in [0.1, 0.15) is 86.0 Å². The summed E-state index contributed by atoms with van der Waals surface area (Å²) < 4.78 is 5.34. The van der Waals surface area contributed by atoms with Crippen LogP contribution < -0.4 is 10.6 Å². The predicted molar refractivity (Wildman–Crippen MR) is 107 cm³/mol. The van der Waals surface area contributed by atoms with Gasteiger partial charge in [-0.1, -0.05) is 52.4 Å². The SMILES string of the molecule is CC[C@H](C)CNC(=O)C[C@H](O)[C@H](CC1CCCCC1)NC(=O)OC(C)(C)C. The Hall–Kier alpha value is -1.30. The predicted octanol–water partition coefficient (Wildman–Crippen LogP) is 3.76. The normalized spacial score (nSPS) is 19.0. The maximum Gasteiger partial charge on any atom is 0.407 e. The van der Waals surface area contributed by atoms with Gasteiger partial charge in [0.15, 0.2) is 0 Å². The summed E-state index contributed by atoms with van der Waals surface area (Å²) in [5.74, 6) is 0.697. The van der Waals surface area contributed by atoms with Gasteiger partial charge in [0.1, 0.15) is 5.60 Å². The molecule has 3 N–H and O–H groups in total. The van der Waals surface area contributed by atoms with Crippen LogP contribution in [0.15, 0.2) is 0 Å². The van der Waals surface area contributed by atoms with E-state index >= 15 is 0 Å². The van der Waals surface area contributed by atoms with Crippen LogP contribution in [0, 0.1) is 11.8 Å². The number of hydrogen-bond donors (Lipinski definition) is 3. The maximum atomic E-state index is 12.2. The number of alkyl carbamates (subject to hydrolysis) is 1. The van der Waals surface area contributed by atoms with Crippen molar-refractivity contribution in [3.8, 4) is 0 Å². The second-order valence-electron chi connectivity index (χ2n) is 9.08. The van der Waals surface area contributed by atoms with Crippen LogP contribution >= 0.6 is 0 Å². The average Bonchev–Trinajstić information content (AvgIpc) is 2.58. The first kappa shape index (κ1) is 23.7. The first-order chi connectivity index (χ1) is 12.6. The first-order valence-corrected chi connectivity index (χ1v) is 10.5. The Morgan fingerprint density at radius 1 is 1.19 bits per heavy atom. The lowest BCUT2D eigenvalue weighted by Crippen LogP contribution is -2.48. The van der Waals surface area contributed by atoms with Crippen molar-refractivity contribution in [1.29, 1.82) is 0 Å². The fourth-order valence-corrected chi connectivity index (χ4v) is 3.39. The number of rotatable bonds is 9. The molecular formula is C21H40N2O4. The van der Waals surface area contributed by atoms with Gasteiger partial charge in [-0.05, 0) is 39.0 Å². The molecule has 1 aliphatic rings. The van der Waals surface area contributed by atoms with Crippen LogP contribution in [0.25, 0.3) is 0 Å². The van der Waals surface area contributed by atoms with E-state index in [-0.39, 0.29) is 12.3 Å². The van der Waals surface area contributed by atoms with Crippen molar-refractivity contribution >= 4 is 12.0 Å². The number of aliphatic hydroxyl groups excluding tert-OH is 1. The van der Waals surface area contributed by atoms with Gasteiger partial charge >= 0.3 is 6.09 Å². The number of amides is 2. The number of nitrogens with one attached hydrogen (secondary N) is 2. The molecule has 27 heavy (non-hydrogen) atoms. The van der Waals surface area contributed by atoms with Crippen molar-refractivity contribution in [3.05, 3.63) is 0 Å². The largest absolute Gasteiger partial charge is 0.444 e. The molecular weight excluding hydrogens is 344 g/mol. The summed E-state index contributed by atoms with van der Waals surface area (Å²) in [5.41, 5.74) is -0.599. The molecule has 1 fully saturated rings. The van der Waals surface area contributed by atoms with Crippen molar-refractivity contribution < 1.29 is 19.4 Å². The van der Waals surface area contributed by atoms with Crippen molar-refractivity contribution in [2.75, 3.05) is 6.54 Å². The summed E-state index contributed by atoms with van der Waals surface area (Å²) >= 11 is 0. The minimum atomic E-state index is -0.920. The fourth-order valence-electron chi connectivity index (χ4n) is 3.39. The molecule has 0 aliphatic heterocycles. The van der Waals surface area contributed by atoms with Gasteiger partial charge in [-0.25, -0.2) is 4.79 Å². The molecule has 0 aromatic heterocycles. The highest BCUT2D eigenvalue weighted by Gasteiger charge is 2.29. The Morgan fingerprint density at radius 2 is 1.81 bits per heavy atom. The third kappa shape index (κ3) is 10.6. The van der Waals surface area contributed by atoms with E-state index in [9.17, 15) is 14.7 Å². The topological polar surface area (TPSA) is 87.7 Å². The van der Waals surface area contributed by atoms with Gasteiger partial charge in [-0.2, -0.15) is 0 Å². The molecule has 0 bridgehead atoms. The van der Waals surface area contributed by atoms with E-state index in [1.54, 1.807) is 0 Å². The molecule has 0 aromatic carbocycles. The Kier molecular flexibility index (Phi) is 10.1. The number of aliphatic hydroxyl groups is 1. The van der Waals surface area contributed by atoms with Crippen LogP contribution in [0.2, 0.25) is 0 Å². The molecule has 0 radical (unpaired) electrons. The van der Waals surface area contributed by atoms with E-state index in [2.05, 4.69) is 24.5 Å². The summed E-state index contributed by atoms with van der Waals surface area (Å²) in [6.45, 7) is 10.2. The summed E-state index contributed by atoms with van der Waals surface area (Å²) in [7, 11) is 0. The highest BCUT2D eigenvalue weighted by Crippen LogP contribution is 2.28. The van der Waals surface area contributed by atoms with Crippen LogP contribution in [0.3, 0.4) is 0 Å². The average molecular weight is 385 g/mol. The van der Waals surface area contributed by atoms with Gasteiger partial charge in [-0.3, -0.25) is 4.79 Å². The lowest BCUT2D eigenvalue weighted by atomic mass is 9.83. The van der Waals surface area contributed by atoms with E-state index < -0.39 is 23.8 Å². The monoisotopic (exact) mass is 384 g/mol. The summed E-state index contributed by atoms with van der Waals surface area (Å²) in [4.78, 5) is 24.4. The zero-order valence-electron chi connectivity index (χ0n) is 17.8. The molecule has 0 unspecified atom stereocenters. The van der Waals surface area contributed by atoms with Gasteiger partial charge in [0.2, 0.25) is 5.91 Å². The number of carbonyl (C=O) groups excluding carboxylic acids is 2. The van der Waals surface area contributed by atoms with Crippen molar-refractivity contribution in [2.24, 2.45) is 11.8 Å². The van der Waals surface area contributed by atoms with Gasteiger partial charge in [0, 0.05) is 6.54 Å². The third-order valence-corrected chi connectivity index (χ3v) is 5.22. The van der Waals surface area contributed by atoms with E-state index in [0.717, 1.165) is 19.3 Å². The maximum absolute atomic E-state index is 12.2. The molecule has 1 rings (SSSR count). The Morgan fingerprint density at radius 3 is 2.37 bits per heavy atom. The number of hydrogen-bond acceptors (Lipinski definition) is 4. The molecule has 0 aromatic rings. The van der Waals surface area contributed by atoms with Crippen molar-refractivity contribution in [3.63, 3.8) is 0 Å². The molecule has 1 saturated carbocycles. The molecule has 2 amide bonds. The Labute approximate surface area is 164 Å². The standard InChI is InChI=1S/C21H40N2O4/c1-6-15(2)14-22-19(25)13-18(24)17(12-16-10-8-7-9-11-16)23-20(26)27-21(3,4)5/h15-18,24H,6-14H2,1-5H3,(H,22,25)(H,23,26)/t15-,17-,18-/m0/s1. The van der Waals surface area contributed by atoms with Crippen LogP contribution in [0.5, 0.6) is 0 Å². The zero-order valence-corrected chi connectivity index (χ0v) is 17.8. The second-order valence-corrected chi connectivity index (χ2v) is 9.08. The van der Waals surface area contributed by atoms with Gasteiger partial charge in [0.25, 0.3) is 0 Å². The van der Waals surface area contributed by atoms with Crippen LogP contribution in [-0.4, -0.2) is 41.4 Å². The highest BCUT2D eigenvalue weighted by molar-refractivity contribution is 5.76. The lowest BCUT2D eigenvalue weighted by molar-refractivity contribution is -0.123.